The molecule has 0 fully saturated rings. The van der Waals surface area contributed by atoms with Gasteiger partial charge in [-0.1, -0.05) is 338 Å². The zero-order valence-electron chi connectivity index (χ0n) is 59.0. The molecule has 1 spiro atoms. The summed E-state index contributed by atoms with van der Waals surface area (Å²) in [7, 11) is 6.33. The SMILES string of the molecule is C.C.CC(C)N(C)c1ccccc1.CC(C)N(C)c1ccccc1.CC(C)N(C)c1ccccc1.CC1(C)c2ccccc2-c2ccccc21.c1ccc(C2(c3ccccc3)c3ccccc3-c3ccccc32)cc1.c1ccc2c(c1)-c1ccccc1C21c2ccccc2-c2ccccc21. The molecule has 0 aliphatic heterocycles. The quantitative estimate of drug-likeness (QED) is 0.150. The fraction of sp³-hybridized carbons (Fsp3) is 0.196. The third-order valence-electron chi connectivity index (χ3n) is 20.6. The second-order valence-corrected chi connectivity index (χ2v) is 27.3. The van der Waals surface area contributed by atoms with Crippen LogP contribution in [0.2, 0.25) is 0 Å². The van der Waals surface area contributed by atoms with Crippen molar-refractivity contribution in [3.8, 4) is 44.5 Å². The highest BCUT2D eigenvalue weighted by Gasteiger charge is 2.51. The number of nitrogens with zero attached hydrogens (tertiary/aromatic N) is 3. The van der Waals surface area contributed by atoms with Gasteiger partial charge < -0.3 is 14.7 Å². The van der Waals surface area contributed by atoms with Crippen molar-refractivity contribution in [3.63, 3.8) is 0 Å². The molecular formula is C97H101N3. The van der Waals surface area contributed by atoms with Crippen molar-refractivity contribution in [1.29, 1.82) is 0 Å². The Bertz CT molecular complexity index is 4180. The molecule has 100 heavy (non-hydrogen) atoms. The first-order valence-electron chi connectivity index (χ1n) is 34.9. The maximum atomic E-state index is 2.31. The number of rotatable bonds is 8. The van der Waals surface area contributed by atoms with E-state index in [1.807, 2.05) is 18.2 Å². The van der Waals surface area contributed by atoms with Gasteiger partial charge in [-0.3, -0.25) is 0 Å². The van der Waals surface area contributed by atoms with Crippen LogP contribution in [-0.4, -0.2) is 39.3 Å². The van der Waals surface area contributed by atoms with Gasteiger partial charge in [0.05, 0.1) is 10.8 Å². The van der Waals surface area contributed by atoms with E-state index in [-0.39, 0.29) is 31.1 Å². The van der Waals surface area contributed by atoms with E-state index in [0.717, 1.165) is 0 Å². The molecule has 3 heteroatoms. The minimum atomic E-state index is -0.254. The summed E-state index contributed by atoms with van der Waals surface area (Å²) in [5, 5.41) is 0. The van der Waals surface area contributed by atoms with Crippen LogP contribution in [0.4, 0.5) is 17.1 Å². The second kappa shape index (κ2) is 31.8. The Morgan fingerprint density at radius 3 is 0.570 bits per heavy atom. The fourth-order valence-electron chi connectivity index (χ4n) is 15.0. The molecule has 13 aromatic rings. The molecule has 3 nitrogen and oxygen atoms in total. The van der Waals surface area contributed by atoms with Crippen molar-refractivity contribution in [2.75, 3.05) is 35.8 Å². The highest BCUT2D eigenvalue weighted by atomic mass is 15.1. The van der Waals surface area contributed by atoms with Gasteiger partial charge in [0.25, 0.3) is 0 Å². The molecule has 0 unspecified atom stereocenters. The largest absolute Gasteiger partial charge is 0.372 e. The summed E-state index contributed by atoms with van der Waals surface area (Å²) in [6, 6.07) is 126. The lowest BCUT2D eigenvalue weighted by atomic mass is 9.68. The summed E-state index contributed by atoms with van der Waals surface area (Å²) >= 11 is 0. The molecule has 504 valence electrons. The lowest BCUT2D eigenvalue weighted by Gasteiger charge is -2.33. The molecule has 0 amide bonds. The van der Waals surface area contributed by atoms with Crippen LogP contribution in [0.3, 0.4) is 0 Å². The first-order valence-corrected chi connectivity index (χ1v) is 34.9. The minimum Gasteiger partial charge on any atom is -0.372 e. The van der Waals surface area contributed by atoms with Crippen LogP contribution in [0.5, 0.6) is 0 Å². The van der Waals surface area contributed by atoms with Gasteiger partial charge in [-0.2, -0.15) is 0 Å². The fourth-order valence-corrected chi connectivity index (χ4v) is 15.0. The molecule has 0 radical (unpaired) electrons. The number of hydrogen-bond acceptors (Lipinski definition) is 3. The second-order valence-electron chi connectivity index (χ2n) is 27.3. The normalized spacial score (nSPS) is 12.9. The summed E-state index contributed by atoms with van der Waals surface area (Å²) in [5.74, 6) is 0. The van der Waals surface area contributed by atoms with Gasteiger partial charge in [0.1, 0.15) is 0 Å². The standard InChI is InChI=1S/C25H16.C25H18.C15H14.3C10H15N.2CH4/c1-5-13-21-17(9-1)18-10-2-6-14-22(18)25(21)23-15-7-3-11-19(23)20-12-4-8-16-24(20)25;1-3-11-19(12-4-1)25(20-13-5-2-6-14-20)23-17-9-7-15-21(23)22-16-8-10-18-24(22)25;1-15(2)13-9-5-3-7-11(13)12-8-4-6-10-14(12)15;3*1-9(2)11(3)10-7-5-4-6-8-10;;/h1-16H;1-18H;3-10H,1-2H3;3*4-9H,1-3H3;2*1H4. The molecular weight excluding hydrogens is 1210 g/mol. The van der Waals surface area contributed by atoms with Crippen molar-refractivity contribution < 1.29 is 0 Å². The van der Waals surface area contributed by atoms with Crippen molar-refractivity contribution in [2.24, 2.45) is 0 Å². The smallest absolute Gasteiger partial charge is 0.0725 e. The van der Waals surface area contributed by atoms with Crippen LogP contribution in [0.1, 0.15) is 126 Å². The van der Waals surface area contributed by atoms with Gasteiger partial charge >= 0.3 is 0 Å². The van der Waals surface area contributed by atoms with Crippen LogP contribution < -0.4 is 14.7 Å². The van der Waals surface area contributed by atoms with Gasteiger partial charge in [-0.05, 0) is 178 Å². The number of benzene rings is 13. The Hall–Kier alpha value is -10.7. The summed E-state index contributed by atoms with van der Waals surface area (Å²) in [6.07, 6.45) is 0. The topological polar surface area (TPSA) is 9.72 Å². The summed E-state index contributed by atoms with van der Waals surface area (Å²) in [5.41, 5.74) is 28.4. The maximum absolute atomic E-state index is 2.31. The number of anilines is 3. The van der Waals surface area contributed by atoms with E-state index in [0.29, 0.717) is 18.1 Å². The molecule has 13 aromatic carbocycles. The lowest BCUT2D eigenvalue weighted by Crippen LogP contribution is -2.28. The molecule has 0 saturated carbocycles. The Balaban J connectivity index is 0.000000135. The highest BCUT2D eigenvalue weighted by molar-refractivity contribution is 5.95. The molecule has 0 atom stereocenters. The van der Waals surface area contributed by atoms with E-state index in [2.05, 4.69) is 419 Å². The Kier molecular flexibility index (Phi) is 22.9. The third kappa shape index (κ3) is 13.8. The molecule has 0 saturated heterocycles. The minimum absolute atomic E-state index is 0. The first-order chi connectivity index (χ1) is 47.7. The van der Waals surface area contributed by atoms with Crippen LogP contribution >= 0.6 is 0 Å². The summed E-state index contributed by atoms with van der Waals surface area (Å²) in [4.78, 5) is 6.75. The zero-order valence-corrected chi connectivity index (χ0v) is 59.0. The zero-order chi connectivity index (χ0) is 68.4. The molecule has 0 N–H and O–H groups in total. The molecule has 4 aliphatic rings. The van der Waals surface area contributed by atoms with Gasteiger partial charge in [-0.25, -0.2) is 0 Å². The van der Waals surface area contributed by atoms with E-state index in [9.17, 15) is 0 Å². The van der Waals surface area contributed by atoms with E-state index in [4.69, 9.17) is 0 Å². The Morgan fingerprint density at radius 2 is 0.360 bits per heavy atom. The molecule has 17 rings (SSSR count). The highest BCUT2D eigenvalue weighted by Crippen LogP contribution is 2.63. The Labute approximate surface area is 599 Å². The number of para-hydroxylation sites is 3. The van der Waals surface area contributed by atoms with Gasteiger partial charge in [0.15, 0.2) is 0 Å². The van der Waals surface area contributed by atoms with E-state index >= 15 is 0 Å². The predicted molar refractivity (Wildman–Crippen MR) is 434 cm³/mol. The third-order valence-corrected chi connectivity index (χ3v) is 20.6. The van der Waals surface area contributed by atoms with E-state index in [1.165, 1.54) is 117 Å². The summed E-state index contributed by atoms with van der Waals surface area (Å²) < 4.78 is 0. The van der Waals surface area contributed by atoms with Crippen molar-refractivity contribution in [1.82, 2.24) is 0 Å². The molecule has 0 bridgehead atoms. The van der Waals surface area contributed by atoms with E-state index < -0.39 is 0 Å². The van der Waals surface area contributed by atoms with Crippen LogP contribution in [0, 0.1) is 0 Å². The van der Waals surface area contributed by atoms with Crippen LogP contribution in [0.15, 0.2) is 346 Å². The first kappa shape index (κ1) is 72.0. The van der Waals surface area contributed by atoms with Gasteiger partial charge in [0, 0.05) is 61.7 Å². The van der Waals surface area contributed by atoms with Crippen LogP contribution in [0.25, 0.3) is 44.5 Å². The van der Waals surface area contributed by atoms with Crippen molar-refractivity contribution in [3.05, 3.63) is 401 Å². The average molecular weight is 1310 g/mol. The summed E-state index contributed by atoms with van der Waals surface area (Å²) in [6.45, 7) is 17.7. The number of fused-ring (bicyclic) bond motifs is 16. The van der Waals surface area contributed by atoms with Crippen molar-refractivity contribution >= 4 is 17.1 Å². The predicted octanol–water partition coefficient (Wildman–Crippen LogP) is 24.9. The Morgan fingerprint density at radius 1 is 0.200 bits per heavy atom. The maximum Gasteiger partial charge on any atom is 0.0725 e. The average Bonchev–Trinajstić information content (AvgIpc) is 1.52. The molecule has 4 aliphatic carbocycles. The van der Waals surface area contributed by atoms with Gasteiger partial charge in [-0.15, -0.1) is 0 Å². The van der Waals surface area contributed by atoms with E-state index in [1.54, 1.807) is 0 Å². The van der Waals surface area contributed by atoms with Crippen LogP contribution in [-0.2, 0) is 16.2 Å². The molecule has 0 heterocycles. The molecule has 0 aromatic heterocycles. The van der Waals surface area contributed by atoms with Crippen molar-refractivity contribution in [2.45, 2.75) is 105 Å². The van der Waals surface area contributed by atoms with Gasteiger partial charge in [0.2, 0.25) is 0 Å². The lowest BCUT2D eigenvalue weighted by molar-refractivity contribution is 0.660. The monoisotopic (exact) mass is 1310 g/mol. The number of hydrogen-bond donors (Lipinski definition) is 0.